The number of carboxylic acids is 1. The molecule has 0 aliphatic carbocycles. The Morgan fingerprint density at radius 1 is 1.42 bits per heavy atom. The number of aromatic nitrogens is 1. The van der Waals surface area contributed by atoms with E-state index in [-0.39, 0.29) is 5.92 Å². The maximum absolute atomic E-state index is 11.0. The summed E-state index contributed by atoms with van der Waals surface area (Å²) in [5.74, 6) is -1.08. The number of unbranched alkanes of at least 4 members (excludes halogenated alkanes) is 2. The van der Waals surface area contributed by atoms with Crippen molar-refractivity contribution in [3.8, 4) is 0 Å². The minimum absolute atomic E-state index is 0.342. The maximum atomic E-state index is 11.0. The van der Waals surface area contributed by atoms with Crippen LogP contribution in [0.1, 0.15) is 38.8 Å². The zero-order valence-corrected chi connectivity index (χ0v) is 11.9. The van der Waals surface area contributed by atoms with E-state index < -0.39 is 5.97 Å². The smallest absolute Gasteiger partial charge is 0.307 e. The highest BCUT2D eigenvalue weighted by atomic mass is 16.4. The molecule has 0 bridgehead atoms. The van der Waals surface area contributed by atoms with E-state index >= 15 is 0 Å². The summed E-state index contributed by atoms with van der Waals surface area (Å²) in [5.41, 5.74) is 0.997. The van der Waals surface area contributed by atoms with Gasteiger partial charge in [0.25, 0.3) is 0 Å². The van der Waals surface area contributed by atoms with Gasteiger partial charge >= 0.3 is 5.97 Å². The molecule has 1 aromatic rings. The number of hydrogen-bond acceptors (Lipinski definition) is 3. The number of nitrogens with zero attached hydrogens (tertiary/aromatic N) is 2. The Kier molecular flexibility index (Phi) is 7.11. The number of rotatable bonds is 9. The molecule has 4 nitrogen and oxygen atoms in total. The second-order valence-corrected chi connectivity index (χ2v) is 5.00. The number of carbonyl (C=O) groups is 1. The van der Waals surface area contributed by atoms with Gasteiger partial charge in [-0.2, -0.15) is 0 Å². The fourth-order valence-electron chi connectivity index (χ4n) is 2.01. The van der Waals surface area contributed by atoms with Crippen LogP contribution in [-0.4, -0.2) is 34.0 Å². The average molecular weight is 264 g/mol. The van der Waals surface area contributed by atoms with Gasteiger partial charge in [0.05, 0.1) is 11.6 Å². The quantitative estimate of drug-likeness (QED) is 0.697. The molecule has 1 atom stereocenters. The normalized spacial score (nSPS) is 12.6. The average Bonchev–Trinajstić information content (AvgIpc) is 2.40. The molecule has 106 valence electrons. The third kappa shape index (κ3) is 6.34. The van der Waals surface area contributed by atoms with Gasteiger partial charge in [0, 0.05) is 19.3 Å². The molecule has 1 N–H and O–H groups in total. The van der Waals surface area contributed by atoms with Crippen LogP contribution in [0.25, 0.3) is 0 Å². The van der Waals surface area contributed by atoms with Crippen LogP contribution in [0.5, 0.6) is 0 Å². The summed E-state index contributed by atoms with van der Waals surface area (Å²) in [6.45, 7) is 6.16. The summed E-state index contributed by atoms with van der Waals surface area (Å²) >= 11 is 0. The van der Waals surface area contributed by atoms with Gasteiger partial charge in [0.15, 0.2) is 0 Å². The minimum atomic E-state index is -0.735. The summed E-state index contributed by atoms with van der Waals surface area (Å²) < 4.78 is 0. The van der Waals surface area contributed by atoms with E-state index in [1.165, 1.54) is 12.8 Å². The highest BCUT2D eigenvalue weighted by Gasteiger charge is 2.16. The van der Waals surface area contributed by atoms with Crippen molar-refractivity contribution in [2.24, 2.45) is 5.92 Å². The summed E-state index contributed by atoms with van der Waals surface area (Å²) in [4.78, 5) is 17.5. The summed E-state index contributed by atoms with van der Waals surface area (Å²) in [7, 11) is 0. The van der Waals surface area contributed by atoms with Crippen LogP contribution >= 0.6 is 0 Å². The summed E-state index contributed by atoms with van der Waals surface area (Å²) in [5, 5.41) is 9.03. The van der Waals surface area contributed by atoms with Crippen molar-refractivity contribution in [3.05, 3.63) is 30.1 Å². The Labute approximate surface area is 115 Å². The largest absolute Gasteiger partial charge is 0.481 e. The second kappa shape index (κ2) is 8.64. The van der Waals surface area contributed by atoms with Gasteiger partial charge < -0.3 is 5.11 Å². The van der Waals surface area contributed by atoms with E-state index in [1.807, 2.05) is 18.2 Å². The predicted molar refractivity (Wildman–Crippen MR) is 75.8 cm³/mol. The van der Waals surface area contributed by atoms with Crippen molar-refractivity contribution in [2.75, 3.05) is 13.1 Å². The van der Waals surface area contributed by atoms with E-state index in [0.29, 0.717) is 6.54 Å². The van der Waals surface area contributed by atoms with Crippen LogP contribution in [-0.2, 0) is 11.3 Å². The highest BCUT2D eigenvalue weighted by molar-refractivity contribution is 5.69. The third-order valence-electron chi connectivity index (χ3n) is 3.14. The lowest BCUT2D eigenvalue weighted by Crippen LogP contribution is -2.32. The standard InChI is InChI=1S/C15H24N2O2/c1-3-4-7-10-17(11-13(2)15(18)19)12-14-8-5-6-9-16-14/h5-6,8-9,13H,3-4,7,10-12H2,1-2H3,(H,18,19). The topological polar surface area (TPSA) is 53.4 Å². The van der Waals surface area contributed by atoms with Gasteiger partial charge in [-0.05, 0) is 25.1 Å². The molecular weight excluding hydrogens is 240 g/mol. The first-order chi connectivity index (χ1) is 9.13. The van der Waals surface area contributed by atoms with Gasteiger partial charge in [-0.3, -0.25) is 14.7 Å². The molecule has 19 heavy (non-hydrogen) atoms. The molecule has 0 aromatic carbocycles. The molecule has 4 heteroatoms. The molecular formula is C15H24N2O2. The molecule has 0 aliphatic rings. The molecule has 0 spiro atoms. The number of aliphatic carboxylic acids is 1. The van der Waals surface area contributed by atoms with Gasteiger partial charge in [-0.1, -0.05) is 32.8 Å². The fraction of sp³-hybridized carbons (Fsp3) is 0.600. The molecule has 0 aliphatic heterocycles. The van der Waals surface area contributed by atoms with E-state index in [1.54, 1.807) is 13.1 Å². The SMILES string of the molecule is CCCCCN(Cc1ccccn1)CC(C)C(=O)O. The van der Waals surface area contributed by atoms with E-state index in [0.717, 1.165) is 25.2 Å². The van der Waals surface area contributed by atoms with Crippen LogP contribution < -0.4 is 0 Å². The molecule has 0 radical (unpaired) electrons. The first-order valence-corrected chi connectivity index (χ1v) is 6.98. The Morgan fingerprint density at radius 2 is 2.21 bits per heavy atom. The monoisotopic (exact) mass is 264 g/mol. The number of hydrogen-bond donors (Lipinski definition) is 1. The summed E-state index contributed by atoms with van der Waals surface area (Å²) in [6.07, 6.45) is 5.24. The maximum Gasteiger partial charge on any atom is 0.307 e. The van der Waals surface area contributed by atoms with Crippen LogP contribution in [0.3, 0.4) is 0 Å². The van der Waals surface area contributed by atoms with Gasteiger partial charge in [0.1, 0.15) is 0 Å². The van der Waals surface area contributed by atoms with Crippen molar-refractivity contribution in [1.29, 1.82) is 0 Å². The fourth-order valence-corrected chi connectivity index (χ4v) is 2.01. The molecule has 0 saturated heterocycles. The van der Waals surface area contributed by atoms with Crippen molar-refractivity contribution >= 4 is 5.97 Å². The zero-order valence-electron chi connectivity index (χ0n) is 11.9. The van der Waals surface area contributed by atoms with Crippen LogP contribution in [0.4, 0.5) is 0 Å². The Bertz CT molecular complexity index is 368. The molecule has 0 saturated carbocycles. The van der Waals surface area contributed by atoms with Crippen molar-refractivity contribution in [1.82, 2.24) is 9.88 Å². The highest BCUT2D eigenvalue weighted by Crippen LogP contribution is 2.08. The predicted octanol–water partition coefficient (Wildman–Crippen LogP) is 2.79. The lowest BCUT2D eigenvalue weighted by Gasteiger charge is -2.23. The lowest BCUT2D eigenvalue weighted by atomic mass is 10.1. The van der Waals surface area contributed by atoms with E-state index in [4.69, 9.17) is 5.11 Å². The Hall–Kier alpha value is -1.42. The molecule has 1 aromatic heterocycles. The Balaban J connectivity index is 2.55. The first kappa shape index (κ1) is 15.6. The van der Waals surface area contributed by atoms with Crippen LogP contribution in [0, 0.1) is 5.92 Å². The van der Waals surface area contributed by atoms with Crippen molar-refractivity contribution in [3.63, 3.8) is 0 Å². The number of pyridine rings is 1. The third-order valence-corrected chi connectivity index (χ3v) is 3.14. The van der Waals surface area contributed by atoms with E-state index in [2.05, 4.69) is 16.8 Å². The van der Waals surface area contributed by atoms with Gasteiger partial charge in [0.2, 0.25) is 0 Å². The molecule has 1 rings (SSSR count). The molecule has 1 heterocycles. The summed E-state index contributed by atoms with van der Waals surface area (Å²) in [6, 6.07) is 5.84. The van der Waals surface area contributed by atoms with Crippen molar-refractivity contribution in [2.45, 2.75) is 39.7 Å². The van der Waals surface area contributed by atoms with Gasteiger partial charge in [-0.15, -0.1) is 0 Å². The molecule has 0 fully saturated rings. The lowest BCUT2D eigenvalue weighted by molar-refractivity contribution is -0.141. The second-order valence-electron chi connectivity index (χ2n) is 5.00. The van der Waals surface area contributed by atoms with Gasteiger partial charge in [-0.25, -0.2) is 0 Å². The molecule has 0 amide bonds. The zero-order chi connectivity index (χ0) is 14.1. The van der Waals surface area contributed by atoms with E-state index in [9.17, 15) is 4.79 Å². The first-order valence-electron chi connectivity index (χ1n) is 6.98. The molecule has 1 unspecified atom stereocenters. The van der Waals surface area contributed by atoms with Crippen molar-refractivity contribution < 1.29 is 9.90 Å². The van der Waals surface area contributed by atoms with Crippen LogP contribution in [0.15, 0.2) is 24.4 Å². The Morgan fingerprint density at radius 3 is 2.79 bits per heavy atom. The van der Waals surface area contributed by atoms with Crippen LogP contribution in [0.2, 0.25) is 0 Å². The number of carboxylic acid groups (broad SMARTS) is 1. The minimum Gasteiger partial charge on any atom is -0.481 e.